The first-order valence-corrected chi connectivity index (χ1v) is 12.2. The Labute approximate surface area is 188 Å². The normalized spacial score (nSPS) is 25.2. The number of fused-ring (bicyclic) bond motifs is 3. The van der Waals surface area contributed by atoms with Gasteiger partial charge in [-0.05, 0) is 42.0 Å². The highest BCUT2D eigenvalue weighted by molar-refractivity contribution is 7.26. The molecule has 0 amide bonds. The molecule has 0 radical (unpaired) electrons. The van der Waals surface area contributed by atoms with E-state index < -0.39 is 0 Å². The van der Waals surface area contributed by atoms with Gasteiger partial charge in [-0.1, -0.05) is 97.2 Å². The number of benzene rings is 2. The van der Waals surface area contributed by atoms with Crippen LogP contribution in [-0.2, 0) is 0 Å². The monoisotopic (exact) mass is 418 g/mol. The van der Waals surface area contributed by atoms with Gasteiger partial charge in [-0.25, -0.2) is 0 Å². The second-order valence-electron chi connectivity index (χ2n) is 8.79. The van der Waals surface area contributed by atoms with E-state index in [1.807, 2.05) is 11.3 Å². The molecule has 0 bridgehead atoms. The smallest absolute Gasteiger partial charge is 0.0393 e. The Kier molecular flexibility index (Phi) is 4.85. The lowest BCUT2D eigenvalue weighted by Gasteiger charge is -2.24. The van der Waals surface area contributed by atoms with Gasteiger partial charge in [0.1, 0.15) is 0 Å². The second kappa shape index (κ2) is 7.98. The van der Waals surface area contributed by atoms with Crippen molar-refractivity contribution in [3.63, 3.8) is 0 Å². The Bertz CT molecular complexity index is 1320. The molecule has 6 rings (SSSR count). The van der Waals surface area contributed by atoms with E-state index in [1.54, 1.807) is 0 Å². The predicted octanol–water partition coefficient (Wildman–Crippen LogP) is 8.66. The topological polar surface area (TPSA) is 0 Å². The van der Waals surface area contributed by atoms with Crippen LogP contribution in [0.15, 0.2) is 114 Å². The minimum absolute atomic E-state index is 0.471. The molecule has 0 spiro atoms. The summed E-state index contributed by atoms with van der Waals surface area (Å²) in [7, 11) is 0. The van der Waals surface area contributed by atoms with Crippen molar-refractivity contribution in [2.75, 3.05) is 0 Å². The number of hydrogen-bond acceptors (Lipinski definition) is 1. The van der Waals surface area contributed by atoms with E-state index in [0.29, 0.717) is 17.8 Å². The lowest BCUT2D eigenvalue weighted by Crippen LogP contribution is -2.09. The molecular formula is C30H26S. The van der Waals surface area contributed by atoms with Crippen LogP contribution in [0.25, 0.3) is 20.2 Å². The molecule has 3 aliphatic rings. The van der Waals surface area contributed by atoms with Crippen molar-refractivity contribution < 1.29 is 0 Å². The first-order valence-electron chi connectivity index (χ1n) is 11.4. The molecule has 31 heavy (non-hydrogen) atoms. The molecule has 1 heteroatoms. The summed E-state index contributed by atoms with van der Waals surface area (Å²) in [5.41, 5.74) is 4.43. The Hall–Kier alpha value is -2.90. The number of hydrogen-bond donors (Lipinski definition) is 0. The number of rotatable bonds is 3. The van der Waals surface area contributed by atoms with Crippen LogP contribution < -0.4 is 0 Å². The maximum Gasteiger partial charge on any atom is 0.0393 e. The molecule has 2 aromatic carbocycles. The third kappa shape index (κ3) is 3.47. The minimum atomic E-state index is 0.471. The first-order chi connectivity index (χ1) is 15.4. The lowest BCUT2D eigenvalue weighted by molar-refractivity contribution is 0.715. The van der Waals surface area contributed by atoms with Gasteiger partial charge in [0.2, 0.25) is 0 Å². The molecule has 3 aliphatic carbocycles. The third-order valence-corrected chi connectivity index (χ3v) is 8.16. The molecule has 1 aromatic heterocycles. The van der Waals surface area contributed by atoms with Gasteiger partial charge >= 0.3 is 0 Å². The van der Waals surface area contributed by atoms with Gasteiger partial charge in [-0.3, -0.25) is 0 Å². The van der Waals surface area contributed by atoms with E-state index in [1.165, 1.54) is 36.9 Å². The van der Waals surface area contributed by atoms with Crippen LogP contribution in [0.4, 0.5) is 0 Å². The van der Waals surface area contributed by atoms with Gasteiger partial charge < -0.3 is 0 Å². The average molecular weight is 419 g/mol. The zero-order valence-electron chi connectivity index (χ0n) is 17.6. The molecule has 0 nitrogen and oxygen atoms in total. The molecule has 0 saturated carbocycles. The molecule has 3 atom stereocenters. The van der Waals surface area contributed by atoms with Crippen LogP contribution in [0.1, 0.15) is 30.7 Å². The summed E-state index contributed by atoms with van der Waals surface area (Å²) in [6, 6.07) is 15.6. The summed E-state index contributed by atoms with van der Waals surface area (Å²) in [4.78, 5) is 0. The van der Waals surface area contributed by atoms with E-state index in [9.17, 15) is 0 Å². The fraction of sp³-hybridized carbons (Fsp3) is 0.200. The van der Waals surface area contributed by atoms with Gasteiger partial charge in [-0.15, -0.1) is 11.3 Å². The fourth-order valence-electron chi connectivity index (χ4n) is 5.19. The largest absolute Gasteiger partial charge is 0.135 e. The van der Waals surface area contributed by atoms with Crippen LogP contribution in [0.3, 0.4) is 0 Å². The molecule has 3 aromatic rings. The van der Waals surface area contributed by atoms with E-state index in [4.69, 9.17) is 0 Å². The summed E-state index contributed by atoms with van der Waals surface area (Å²) in [5.74, 6) is 1.55. The summed E-state index contributed by atoms with van der Waals surface area (Å²) in [6.07, 6.45) is 26.8. The SMILES string of the molecule is C1=CCC(C2=CCC(C3=CCC(c4cccc5c4sc4ccccc45)C=C3)C=C2)C=C1. The summed E-state index contributed by atoms with van der Waals surface area (Å²) in [5, 5.41) is 2.79. The van der Waals surface area contributed by atoms with Crippen LogP contribution in [0, 0.1) is 11.8 Å². The Morgan fingerprint density at radius 1 is 0.645 bits per heavy atom. The van der Waals surface area contributed by atoms with E-state index in [0.717, 1.165) is 19.3 Å². The van der Waals surface area contributed by atoms with Crippen molar-refractivity contribution in [1.82, 2.24) is 0 Å². The molecule has 0 saturated heterocycles. The van der Waals surface area contributed by atoms with Gasteiger partial charge in [0, 0.05) is 37.9 Å². The van der Waals surface area contributed by atoms with Gasteiger partial charge in [-0.2, -0.15) is 0 Å². The van der Waals surface area contributed by atoms with E-state index in [2.05, 4.69) is 103 Å². The standard InChI is InChI=1S/C30H26S/c1-2-7-21(8-3-1)22-13-15-23(16-14-22)24-17-19-25(20-18-24)26-10-6-11-28-27-9-4-5-12-29(27)31-30(26)28/h1-7,9-15,17-19,21,23,25H,8,16,20H2. The highest BCUT2D eigenvalue weighted by Crippen LogP contribution is 2.41. The van der Waals surface area contributed by atoms with Crippen LogP contribution in [0.2, 0.25) is 0 Å². The molecule has 0 N–H and O–H groups in total. The number of thiophene rings is 1. The maximum atomic E-state index is 2.48. The zero-order valence-corrected chi connectivity index (χ0v) is 18.4. The minimum Gasteiger partial charge on any atom is -0.135 e. The maximum absolute atomic E-state index is 2.48. The fourth-order valence-corrected chi connectivity index (χ4v) is 6.47. The van der Waals surface area contributed by atoms with Crippen molar-refractivity contribution in [1.29, 1.82) is 0 Å². The van der Waals surface area contributed by atoms with Gasteiger partial charge in [0.05, 0.1) is 0 Å². The molecule has 152 valence electrons. The summed E-state index contributed by atoms with van der Waals surface area (Å²) >= 11 is 1.94. The lowest BCUT2D eigenvalue weighted by atomic mass is 9.81. The molecule has 0 fully saturated rings. The van der Waals surface area contributed by atoms with Crippen LogP contribution in [-0.4, -0.2) is 0 Å². The third-order valence-electron chi connectivity index (χ3n) is 6.93. The van der Waals surface area contributed by atoms with Crippen molar-refractivity contribution >= 4 is 31.5 Å². The van der Waals surface area contributed by atoms with E-state index >= 15 is 0 Å². The molecule has 3 unspecified atom stereocenters. The molecule has 0 aliphatic heterocycles. The number of allylic oxidation sites excluding steroid dienone is 12. The zero-order chi connectivity index (χ0) is 20.6. The molecular weight excluding hydrogens is 392 g/mol. The summed E-state index contributed by atoms with van der Waals surface area (Å²) in [6.45, 7) is 0. The molecule has 1 heterocycles. The predicted molar refractivity (Wildman–Crippen MR) is 136 cm³/mol. The van der Waals surface area contributed by atoms with Crippen molar-refractivity contribution in [3.05, 3.63) is 120 Å². The van der Waals surface area contributed by atoms with Crippen molar-refractivity contribution in [3.8, 4) is 0 Å². The highest BCUT2D eigenvalue weighted by Gasteiger charge is 2.20. The quantitative estimate of drug-likeness (QED) is 0.399. The highest BCUT2D eigenvalue weighted by atomic mass is 32.1. The summed E-state index contributed by atoms with van der Waals surface area (Å²) < 4.78 is 2.84. The van der Waals surface area contributed by atoms with Crippen molar-refractivity contribution in [2.24, 2.45) is 11.8 Å². The van der Waals surface area contributed by atoms with Gasteiger partial charge in [0.15, 0.2) is 0 Å². The van der Waals surface area contributed by atoms with Gasteiger partial charge in [0.25, 0.3) is 0 Å². The second-order valence-corrected chi connectivity index (χ2v) is 9.84. The average Bonchev–Trinajstić information content (AvgIpc) is 3.24. The van der Waals surface area contributed by atoms with Crippen molar-refractivity contribution in [2.45, 2.75) is 25.2 Å². The first kappa shape index (κ1) is 18.8. The van der Waals surface area contributed by atoms with E-state index in [-0.39, 0.29) is 0 Å². The van der Waals surface area contributed by atoms with Crippen LogP contribution in [0.5, 0.6) is 0 Å². The van der Waals surface area contributed by atoms with Crippen LogP contribution >= 0.6 is 11.3 Å². The Morgan fingerprint density at radius 3 is 2.13 bits per heavy atom. The Balaban J connectivity index is 1.21. The Morgan fingerprint density at radius 2 is 1.39 bits per heavy atom.